The molecule has 0 aliphatic carbocycles. The van der Waals surface area contributed by atoms with Crippen LogP contribution < -0.4 is 14.2 Å². The Morgan fingerprint density at radius 2 is 0.983 bits per heavy atom. The van der Waals surface area contributed by atoms with Crippen LogP contribution in [0.3, 0.4) is 0 Å². The van der Waals surface area contributed by atoms with Crippen LogP contribution in [0, 0.1) is 20.2 Å². The number of nitro benzene ring substituents is 2. The molecule has 0 aliphatic rings. The Bertz CT molecular complexity index is 2490. The van der Waals surface area contributed by atoms with Gasteiger partial charge in [0.2, 0.25) is 0 Å². The molecule has 6 aromatic carbocycles. The van der Waals surface area contributed by atoms with Gasteiger partial charge >= 0.3 is 17.9 Å². The standard InChI is InChI=1S/C43H32N2O14/c1-43(2,26-11-17-29(18-12-26)56-28-15-9-25(10-16-28)39(59-55)37-33(40(46)47)5-3-7-35(37)44(51)52)27-13-19-30(20-14-27)57-31-21-23-32(24-22-31)58-42(50)38-34(41(48)49)6-4-8-36(38)45(53)54/h3-24,39,55H,1-2H3,(H,46,47)(H,48,49). The third kappa shape index (κ3) is 8.88. The minimum Gasteiger partial charge on any atom is -0.478 e. The number of hydrogen-bond acceptors (Lipinski definition) is 12. The molecule has 0 aliphatic heterocycles. The van der Waals surface area contributed by atoms with Gasteiger partial charge in [0.25, 0.3) is 11.4 Å². The fourth-order valence-corrected chi connectivity index (χ4v) is 6.30. The molecule has 1 unspecified atom stereocenters. The Morgan fingerprint density at radius 3 is 1.42 bits per heavy atom. The summed E-state index contributed by atoms with van der Waals surface area (Å²) in [6.07, 6.45) is -1.46. The van der Waals surface area contributed by atoms with E-state index in [9.17, 15) is 50.1 Å². The lowest BCUT2D eigenvalue weighted by Gasteiger charge is -2.26. The molecule has 0 amide bonds. The van der Waals surface area contributed by atoms with Gasteiger partial charge in [-0.05, 0) is 89.5 Å². The zero-order valence-electron chi connectivity index (χ0n) is 31.0. The third-order valence-electron chi connectivity index (χ3n) is 9.39. The number of rotatable bonds is 15. The zero-order valence-corrected chi connectivity index (χ0v) is 31.0. The van der Waals surface area contributed by atoms with Gasteiger partial charge in [-0.3, -0.25) is 25.5 Å². The number of carboxylic acids is 2. The monoisotopic (exact) mass is 800 g/mol. The molecule has 0 fully saturated rings. The first kappa shape index (κ1) is 40.7. The van der Waals surface area contributed by atoms with E-state index in [1.807, 2.05) is 38.1 Å². The molecule has 0 saturated carbocycles. The number of nitro groups is 2. The Morgan fingerprint density at radius 1 is 0.576 bits per heavy atom. The summed E-state index contributed by atoms with van der Waals surface area (Å²) >= 11 is 0. The second-order valence-electron chi connectivity index (χ2n) is 13.4. The van der Waals surface area contributed by atoms with Gasteiger partial charge in [0.1, 0.15) is 28.7 Å². The summed E-state index contributed by atoms with van der Waals surface area (Å²) in [5.74, 6) is -2.30. The van der Waals surface area contributed by atoms with Gasteiger partial charge < -0.3 is 24.4 Å². The highest BCUT2D eigenvalue weighted by Gasteiger charge is 2.31. The quantitative estimate of drug-likeness (QED) is 0.0288. The summed E-state index contributed by atoms with van der Waals surface area (Å²) in [4.78, 5) is 62.3. The van der Waals surface area contributed by atoms with Gasteiger partial charge in [-0.2, -0.15) is 0 Å². The van der Waals surface area contributed by atoms with Gasteiger partial charge in [0, 0.05) is 17.5 Å². The number of benzene rings is 6. The lowest BCUT2D eigenvalue weighted by Crippen LogP contribution is -2.18. The lowest BCUT2D eigenvalue weighted by molar-refractivity contribution is -0.387. The van der Waals surface area contributed by atoms with Crippen LogP contribution >= 0.6 is 0 Å². The molecule has 1 atom stereocenters. The molecular weight excluding hydrogens is 768 g/mol. The number of nitrogens with zero attached hydrogens (tertiary/aromatic N) is 2. The average molecular weight is 801 g/mol. The molecule has 6 rings (SSSR count). The third-order valence-corrected chi connectivity index (χ3v) is 9.39. The maximum atomic E-state index is 12.8. The first-order chi connectivity index (χ1) is 28.2. The fourth-order valence-electron chi connectivity index (χ4n) is 6.30. The number of hydrogen-bond donors (Lipinski definition) is 3. The molecule has 3 N–H and O–H groups in total. The molecule has 0 heterocycles. The Hall–Kier alpha value is -7.95. The molecule has 0 aromatic heterocycles. The Labute approximate surface area is 334 Å². The van der Waals surface area contributed by atoms with Crippen LogP contribution in [0.1, 0.15) is 73.3 Å². The number of carbonyl (C=O) groups is 3. The van der Waals surface area contributed by atoms with E-state index >= 15 is 0 Å². The van der Waals surface area contributed by atoms with E-state index in [4.69, 9.17) is 14.2 Å². The van der Waals surface area contributed by atoms with Gasteiger partial charge in [0.15, 0.2) is 11.7 Å². The van der Waals surface area contributed by atoms with Gasteiger partial charge in [-0.15, -0.1) is 0 Å². The van der Waals surface area contributed by atoms with Crippen molar-refractivity contribution in [2.24, 2.45) is 0 Å². The van der Waals surface area contributed by atoms with Crippen LogP contribution in [-0.2, 0) is 10.3 Å². The Balaban J connectivity index is 1.09. The minimum absolute atomic E-state index is 0.0149. The summed E-state index contributed by atoms with van der Waals surface area (Å²) in [7, 11) is 0. The van der Waals surface area contributed by atoms with Crippen LogP contribution in [0.2, 0.25) is 0 Å². The van der Waals surface area contributed by atoms with E-state index in [0.29, 0.717) is 23.0 Å². The summed E-state index contributed by atoms with van der Waals surface area (Å²) in [5, 5.41) is 51.9. The van der Waals surface area contributed by atoms with Crippen molar-refractivity contribution in [3.05, 3.63) is 193 Å². The van der Waals surface area contributed by atoms with Crippen LogP contribution in [-0.4, -0.2) is 43.2 Å². The lowest BCUT2D eigenvalue weighted by atomic mass is 9.78. The molecular formula is C43H32N2O14. The van der Waals surface area contributed by atoms with Crippen molar-refractivity contribution in [2.45, 2.75) is 25.4 Å². The second kappa shape index (κ2) is 17.0. The summed E-state index contributed by atoms with van der Waals surface area (Å²) < 4.78 is 17.2. The number of aromatic carboxylic acids is 2. The first-order valence-corrected chi connectivity index (χ1v) is 17.5. The van der Waals surface area contributed by atoms with Gasteiger partial charge in [0.05, 0.1) is 26.5 Å². The largest absolute Gasteiger partial charge is 0.478 e. The molecule has 298 valence electrons. The number of ether oxygens (including phenoxy) is 3. The van der Waals surface area contributed by atoms with Crippen LogP contribution in [0.15, 0.2) is 133 Å². The molecule has 16 nitrogen and oxygen atoms in total. The van der Waals surface area contributed by atoms with E-state index in [-0.39, 0.29) is 22.4 Å². The molecule has 16 heteroatoms. The molecule has 0 spiro atoms. The highest BCUT2D eigenvalue weighted by molar-refractivity contribution is 6.06. The zero-order chi connectivity index (χ0) is 42.4. The molecule has 0 radical (unpaired) electrons. The van der Waals surface area contributed by atoms with Crippen molar-refractivity contribution in [1.82, 2.24) is 0 Å². The van der Waals surface area contributed by atoms with Crippen molar-refractivity contribution < 1.29 is 58.8 Å². The summed E-state index contributed by atoms with van der Waals surface area (Å²) in [6, 6.07) is 33.6. The highest BCUT2D eigenvalue weighted by atomic mass is 17.1. The van der Waals surface area contributed by atoms with Crippen LogP contribution in [0.4, 0.5) is 11.4 Å². The number of carbonyl (C=O) groups excluding carboxylic acids is 1. The smallest absolute Gasteiger partial charge is 0.351 e. The fraction of sp³-hybridized carbons (Fsp3) is 0.0930. The number of carboxylic acid groups (broad SMARTS) is 2. The molecule has 59 heavy (non-hydrogen) atoms. The minimum atomic E-state index is -1.51. The SMILES string of the molecule is CC(C)(c1ccc(Oc2ccc(OC(=O)c3c(C(=O)O)cccc3[N+](=O)[O-])cc2)cc1)c1ccc(Oc2ccc(C(OO)c3c(C(=O)O)cccc3[N+](=O)[O-])cc2)cc1. The van der Waals surface area contributed by atoms with Crippen molar-refractivity contribution >= 4 is 29.3 Å². The van der Waals surface area contributed by atoms with E-state index in [1.165, 1.54) is 54.6 Å². The topological polar surface area (TPSA) is 235 Å². The van der Waals surface area contributed by atoms with E-state index in [0.717, 1.165) is 29.3 Å². The number of esters is 1. The van der Waals surface area contributed by atoms with E-state index in [1.54, 1.807) is 36.4 Å². The normalized spacial score (nSPS) is 11.6. The van der Waals surface area contributed by atoms with Crippen molar-refractivity contribution in [1.29, 1.82) is 0 Å². The second-order valence-corrected chi connectivity index (χ2v) is 13.4. The van der Waals surface area contributed by atoms with Crippen molar-refractivity contribution in [3.8, 4) is 28.7 Å². The van der Waals surface area contributed by atoms with Crippen molar-refractivity contribution in [3.63, 3.8) is 0 Å². The molecule has 0 saturated heterocycles. The molecule has 0 bridgehead atoms. The average Bonchev–Trinajstić information content (AvgIpc) is 3.22. The first-order valence-electron chi connectivity index (χ1n) is 17.5. The predicted molar refractivity (Wildman–Crippen MR) is 209 cm³/mol. The summed E-state index contributed by atoms with van der Waals surface area (Å²) in [6.45, 7) is 4.10. The van der Waals surface area contributed by atoms with Crippen LogP contribution in [0.25, 0.3) is 0 Å². The summed E-state index contributed by atoms with van der Waals surface area (Å²) in [5.41, 5.74) is -1.40. The molecule has 6 aromatic rings. The van der Waals surface area contributed by atoms with E-state index in [2.05, 4.69) is 4.89 Å². The van der Waals surface area contributed by atoms with Crippen molar-refractivity contribution in [2.75, 3.05) is 0 Å². The maximum absolute atomic E-state index is 12.8. The predicted octanol–water partition coefficient (Wildman–Crippen LogP) is 9.61. The van der Waals surface area contributed by atoms with Crippen LogP contribution in [0.5, 0.6) is 28.7 Å². The maximum Gasteiger partial charge on any atom is 0.351 e. The van der Waals surface area contributed by atoms with E-state index < -0.39 is 61.8 Å². The van der Waals surface area contributed by atoms with Gasteiger partial charge in [-0.1, -0.05) is 62.4 Å². The highest BCUT2D eigenvalue weighted by Crippen LogP contribution is 2.38. The Kier molecular flexibility index (Phi) is 11.8. The van der Waals surface area contributed by atoms with Gasteiger partial charge in [-0.25, -0.2) is 19.3 Å².